The van der Waals surface area contributed by atoms with Gasteiger partial charge in [0.2, 0.25) is 0 Å². The molecule has 0 saturated carbocycles. The second kappa shape index (κ2) is 13.1. The molecule has 0 fully saturated rings. The van der Waals surface area contributed by atoms with E-state index < -0.39 is 29.8 Å². The molecule has 0 amide bonds. The van der Waals surface area contributed by atoms with Gasteiger partial charge >= 0.3 is 18.1 Å². The summed E-state index contributed by atoms with van der Waals surface area (Å²) < 4.78 is 43.6. The summed E-state index contributed by atoms with van der Waals surface area (Å²) in [6.45, 7) is 1.22. The number of halogens is 3. The maximum atomic E-state index is 12.6. The third kappa shape index (κ3) is 9.12. The van der Waals surface area contributed by atoms with Crippen molar-refractivity contribution in [2.75, 3.05) is 19.7 Å². The Morgan fingerprint density at radius 2 is 1.71 bits per heavy atom. The number of carbonyl (C=O) groups is 2. The fourth-order valence-electron chi connectivity index (χ4n) is 3.53. The van der Waals surface area contributed by atoms with E-state index in [1.165, 1.54) is 23.3 Å². The van der Waals surface area contributed by atoms with Crippen LogP contribution in [0, 0.1) is 0 Å². The van der Waals surface area contributed by atoms with Crippen molar-refractivity contribution in [1.29, 1.82) is 0 Å². The summed E-state index contributed by atoms with van der Waals surface area (Å²) in [6, 6.07) is 13.4. The zero-order chi connectivity index (χ0) is 25.1. The standard InChI is InChI=1S/C22H26F3NO2.C2H2O4/c23-22(24,25)18-10-8-16(9-11-18)12-13-26-14-19(27)15-28-21-7-3-5-17-4-1-2-6-20(17)21;3-1(4)2(5)6/h1-2,4,6,8-11,19,21,26-27H,3,5,7,12-15H2;(H,3,4)(H,5,6). The first-order valence-corrected chi connectivity index (χ1v) is 10.8. The minimum atomic E-state index is -4.31. The number of carboxylic acid groups (broad SMARTS) is 2. The molecule has 4 N–H and O–H groups in total. The molecule has 2 atom stereocenters. The highest BCUT2D eigenvalue weighted by Crippen LogP contribution is 2.32. The van der Waals surface area contributed by atoms with Gasteiger partial charge in [0.1, 0.15) is 0 Å². The van der Waals surface area contributed by atoms with Gasteiger partial charge in [-0.3, -0.25) is 0 Å². The molecule has 7 nitrogen and oxygen atoms in total. The molecule has 0 aliphatic heterocycles. The van der Waals surface area contributed by atoms with E-state index >= 15 is 0 Å². The molecule has 0 saturated heterocycles. The summed E-state index contributed by atoms with van der Waals surface area (Å²) in [4.78, 5) is 18.2. The quantitative estimate of drug-likeness (QED) is 0.336. The van der Waals surface area contributed by atoms with Crippen molar-refractivity contribution in [3.8, 4) is 0 Å². The molecule has 1 aliphatic rings. The Bertz CT molecular complexity index is 921. The normalized spacial score (nSPS) is 16.1. The van der Waals surface area contributed by atoms with Crippen molar-refractivity contribution in [3.05, 3.63) is 70.8 Å². The maximum Gasteiger partial charge on any atom is 0.416 e. The molecule has 0 bridgehead atoms. The predicted molar refractivity (Wildman–Crippen MR) is 117 cm³/mol. The SMILES string of the molecule is O=C(O)C(=O)O.OC(CNCCc1ccc(C(F)(F)F)cc1)COC1CCCc2ccccc21. The van der Waals surface area contributed by atoms with Gasteiger partial charge in [-0.25, -0.2) is 9.59 Å². The summed E-state index contributed by atoms with van der Waals surface area (Å²) in [5.41, 5.74) is 2.73. The number of hydrogen-bond donors (Lipinski definition) is 4. The number of ether oxygens (including phenoxy) is 1. The smallest absolute Gasteiger partial charge is 0.416 e. The highest BCUT2D eigenvalue weighted by Gasteiger charge is 2.29. The van der Waals surface area contributed by atoms with E-state index in [1.54, 1.807) is 0 Å². The average molecular weight is 483 g/mol. The Labute approximate surface area is 195 Å². The molecule has 10 heteroatoms. The summed E-state index contributed by atoms with van der Waals surface area (Å²) in [5, 5.41) is 28.1. The van der Waals surface area contributed by atoms with Gasteiger partial charge in [0.05, 0.1) is 24.4 Å². The first-order chi connectivity index (χ1) is 16.1. The predicted octanol–water partition coefficient (Wildman–Crippen LogP) is 3.45. The van der Waals surface area contributed by atoms with Crippen LogP contribution in [-0.4, -0.2) is 53.1 Å². The van der Waals surface area contributed by atoms with Crippen molar-refractivity contribution in [1.82, 2.24) is 5.32 Å². The molecule has 1 aliphatic carbocycles. The summed E-state index contributed by atoms with van der Waals surface area (Å²) in [5.74, 6) is -3.65. The Morgan fingerprint density at radius 3 is 2.32 bits per heavy atom. The van der Waals surface area contributed by atoms with Gasteiger partial charge in [-0.05, 0) is 61.1 Å². The molecule has 186 valence electrons. The van der Waals surface area contributed by atoms with Gasteiger partial charge in [0.25, 0.3) is 0 Å². The number of aliphatic hydroxyl groups excluding tert-OH is 1. The lowest BCUT2D eigenvalue weighted by molar-refractivity contribution is -0.159. The number of alkyl halides is 3. The number of aliphatic hydroxyl groups is 1. The van der Waals surface area contributed by atoms with Crippen LogP contribution in [0.4, 0.5) is 13.2 Å². The van der Waals surface area contributed by atoms with E-state index in [1.807, 2.05) is 12.1 Å². The number of nitrogens with one attached hydrogen (secondary N) is 1. The highest BCUT2D eigenvalue weighted by atomic mass is 19.4. The lowest BCUT2D eigenvalue weighted by Crippen LogP contribution is -2.32. The number of hydrogen-bond acceptors (Lipinski definition) is 5. The van der Waals surface area contributed by atoms with Crippen molar-refractivity contribution in [2.45, 2.75) is 44.1 Å². The molecule has 0 aromatic heterocycles. The molecule has 0 radical (unpaired) electrons. The lowest BCUT2D eigenvalue weighted by Gasteiger charge is -2.26. The van der Waals surface area contributed by atoms with Crippen LogP contribution in [0.1, 0.15) is 41.2 Å². The summed E-state index contributed by atoms with van der Waals surface area (Å²) in [7, 11) is 0. The van der Waals surface area contributed by atoms with E-state index in [4.69, 9.17) is 24.5 Å². The Balaban J connectivity index is 0.000000604. The first-order valence-electron chi connectivity index (χ1n) is 10.8. The Hall–Kier alpha value is -2.95. The summed E-state index contributed by atoms with van der Waals surface area (Å²) in [6.07, 6.45) is -1.17. The van der Waals surface area contributed by atoms with Gasteiger partial charge in [-0.1, -0.05) is 36.4 Å². The Morgan fingerprint density at radius 1 is 1.06 bits per heavy atom. The fraction of sp³-hybridized carbons (Fsp3) is 0.417. The lowest BCUT2D eigenvalue weighted by atomic mass is 9.89. The molecule has 2 aromatic rings. The van der Waals surface area contributed by atoms with Crippen LogP contribution >= 0.6 is 0 Å². The minimum Gasteiger partial charge on any atom is -0.473 e. The molecule has 0 heterocycles. The van der Waals surface area contributed by atoms with Gasteiger partial charge in [-0.15, -0.1) is 0 Å². The minimum absolute atomic E-state index is 0.0340. The first kappa shape index (κ1) is 27.3. The van der Waals surface area contributed by atoms with Crippen LogP contribution in [0.15, 0.2) is 48.5 Å². The van der Waals surface area contributed by atoms with Crippen molar-refractivity contribution >= 4 is 11.9 Å². The average Bonchev–Trinajstić information content (AvgIpc) is 2.80. The van der Waals surface area contributed by atoms with Crippen molar-refractivity contribution in [3.63, 3.8) is 0 Å². The van der Waals surface area contributed by atoms with E-state index in [-0.39, 0.29) is 12.7 Å². The van der Waals surface area contributed by atoms with Gasteiger partial charge in [0.15, 0.2) is 0 Å². The monoisotopic (exact) mass is 483 g/mol. The molecular weight excluding hydrogens is 455 g/mol. The van der Waals surface area contributed by atoms with E-state index in [0.717, 1.165) is 37.0 Å². The molecule has 2 unspecified atom stereocenters. The number of carboxylic acids is 2. The number of rotatable bonds is 8. The van der Waals surface area contributed by atoms with Crippen LogP contribution in [0.2, 0.25) is 0 Å². The number of aliphatic carboxylic acids is 2. The molecule has 0 spiro atoms. The van der Waals surface area contributed by atoms with Crippen LogP contribution < -0.4 is 5.32 Å². The van der Waals surface area contributed by atoms with E-state index in [2.05, 4.69) is 17.4 Å². The fourth-order valence-corrected chi connectivity index (χ4v) is 3.53. The van der Waals surface area contributed by atoms with Gasteiger partial charge < -0.3 is 25.4 Å². The Kier molecular flexibility index (Phi) is 10.5. The van der Waals surface area contributed by atoms with E-state index in [0.29, 0.717) is 19.5 Å². The number of fused-ring (bicyclic) bond motifs is 1. The third-order valence-electron chi connectivity index (χ3n) is 5.24. The maximum absolute atomic E-state index is 12.6. The molecule has 2 aromatic carbocycles. The molecule has 34 heavy (non-hydrogen) atoms. The summed E-state index contributed by atoms with van der Waals surface area (Å²) >= 11 is 0. The zero-order valence-electron chi connectivity index (χ0n) is 18.4. The molecular formula is C24H28F3NO6. The largest absolute Gasteiger partial charge is 0.473 e. The van der Waals surface area contributed by atoms with Crippen LogP contribution in [-0.2, 0) is 33.3 Å². The number of benzene rings is 2. The van der Waals surface area contributed by atoms with Gasteiger partial charge in [0, 0.05) is 6.54 Å². The van der Waals surface area contributed by atoms with Crippen molar-refractivity contribution in [2.24, 2.45) is 0 Å². The van der Waals surface area contributed by atoms with Crippen LogP contribution in [0.25, 0.3) is 0 Å². The number of aryl methyl sites for hydroxylation is 1. The van der Waals surface area contributed by atoms with Crippen LogP contribution in [0.3, 0.4) is 0 Å². The highest BCUT2D eigenvalue weighted by molar-refractivity contribution is 6.27. The second-order valence-electron chi connectivity index (χ2n) is 7.83. The van der Waals surface area contributed by atoms with E-state index in [9.17, 15) is 18.3 Å². The van der Waals surface area contributed by atoms with Crippen LogP contribution in [0.5, 0.6) is 0 Å². The molecule has 3 rings (SSSR count). The third-order valence-corrected chi connectivity index (χ3v) is 5.24. The van der Waals surface area contributed by atoms with Crippen molar-refractivity contribution < 1.29 is 42.8 Å². The van der Waals surface area contributed by atoms with Gasteiger partial charge in [-0.2, -0.15) is 13.2 Å². The zero-order valence-corrected chi connectivity index (χ0v) is 18.4. The second-order valence-corrected chi connectivity index (χ2v) is 7.83. The topological polar surface area (TPSA) is 116 Å².